The zero-order chi connectivity index (χ0) is 14.2. The van der Waals surface area contributed by atoms with Crippen LogP contribution in [0.3, 0.4) is 0 Å². The fourth-order valence-corrected chi connectivity index (χ4v) is 1.81. The third-order valence-electron chi connectivity index (χ3n) is 2.16. The lowest BCUT2D eigenvalue weighted by Crippen LogP contribution is -2.31. The number of hydrogen-bond acceptors (Lipinski definition) is 4. The summed E-state index contributed by atoms with van der Waals surface area (Å²) in [6.45, 7) is 8.29. The molecule has 18 heavy (non-hydrogen) atoms. The summed E-state index contributed by atoms with van der Waals surface area (Å²) in [4.78, 5) is 11.5. The second-order valence-electron chi connectivity index (χ2n) is 5.08. The quantitative estimate of drug-likeness (QED) is 0.453. The van der Waals surface area contributed by atoms with Crippen molar-refractivity contribution in [3.05, 3.63) is 0 Å². The number of rotatable bonds is 6. The maximum absolute atomic E-state index is 11.5. The summed E-state index contributed by atoms with van der Waals surface area (Å²) in [5, 5.41) is 8.91. The first-order valence-electron chi connectivity index (χ1n) is 6.21. The molecule has 0 aliphatic carbocycles. The van der Waals surface area contributed by atoms with Gasteiger partial charge in [-0.15, -0.1) is 5.54 Å². The molecule has 0 aliphatic rings. The van der Waals surface area contributed by atoms with Gasteiger partial charge in [0.2, 0.25) is 0 Å². The van der Waals surface area contributed by atoms with E-state index in [2.05, 4.69) is 35.8 Å². The predicted molar refractivity (Wildman–Crippen MR) is 73.8 cm³/mol. The molecule has 0 aliphatic heterocycles. The summed E-state index contributed by atoms with van der Waals surface area (Å²) in [6, 6.07) is 0. The van der Waals surface area contributed by atoms with Crippen molar-refractivity contribution in [3.63, 3.8) is 0 Å². The standard InChI is InChI=1S/C13H24O4Si/c1-6-11(8-10-18(3,4)5)17-12(7-9-14)13(15)16-2/h11-12,14H,6-7,9H2,1-5H3/t11-,12-/m0/s1. The fraction of sp³-hybridized carbons (Fsp3) is 0.769. The van der Waals surface area contributed by atoms with E-state index in [1.165, 1.54) is 7.11 Å². The SMILES string of the molecule is CC[C@@H](C#C[Si](C)(C)C)O[C@@H](CCO)C(=O)OC. The highest BCUT2D eigenvalue weighted by Gasteiger charge is 2.22. The number of aliphatic hydroxyl groups excluding tert-OH is 1. The van der Waals surface area contributed by atoms with Crippen LogP contribution in [0.15, 0.2) is 0 Å². The molecule has 0 bridgehead atoms. The number of carbonyl (C=O) groups is 1. The van der Waals surface area contributed by atoms with E-state index >= 15 is 0 Å². The van der Waals surface area contributed by atoms with E-state index in [4.69, 9.17) is 9.84 Å². The second-order valence-corrected chi connectivity index (χ2v) is 9.83. The van der Waals surface area contributed by atoms with Crippen LogP contribution < -0.4 is 0 Å². The maximum atomic E-state index is 11.5. The van der Waals surface area contributed by atoms with E-state index in [-0.39, 0.29) is 19.1 Å². The van der Waals surface area contributed by atoms with Gasteiger partial charge in [0.25, 0.3) is 0 Å². The van der Waals surface area contributed by atoms with Crippen molar-refractivity contribution in [2.75, 3.05) is 13.7 Å². The molecule has 104 valence electrons. The van der Waals surface area contributed by atoms with Crippen LogP contribution in [0, 0.1) is 11.5 Å². The molecule has 0 saturated carbocycles. The van der Waals surface area contributed by atoms with E-state index in [0.717, 1.165) is 0 Å². The lowest BCUT2D eigenvalue weighted by molar-refractivity contribution is -0.157. The summed E-state index contributed by atoms with van der Waals surface area (Å²) >= 11 is 0. The lowest BCUT2D eigenvalue weighted by Gasteiger charge is -2.18. The molecular formula is C13H24O4Si. The Morgan fingerprint density at radius 2 is 2.00 bits per heavy atom. The van der Waals surface area contributed by atoms with Gasteiger partial charge in [0.05, 0.1) is 7.11 Å². The predicted octanol–water partition coefficient (Wildman–Crippen LogP) is 1.59. The van der Waals surface area contributed by atoms with Gasteiger partial charge in [-0.1, -0.05) is 32.5 Å². The Morgan fingerprint density at radius 3 is 2.39 bits per heavy atom. The molecule has 5 heteroatoms. The first kappa shape index (κ1) is 17.2. The highest BCUT2D eigenvalue weighted by Crippen LogP contribution is 2.08. The molecule has 1 N–H and O–H groups in total. The monoisotopic (exact) mass is 272 g/mol. The third kappa shape index (κ3) is 7.48. The van der Waals surface area contributed by atoms with Crippen LogP contribution in [0.1, 0.15) is 19.8 Å². The molecule has 4 nitrogen and oxygen atoms in total. The van der Waals surface area contributed by atoms with Gasteiger partial charge in [0.15, 0.2) is 6.10 Å². The van der Waals surface area contributed by atoms with Gasteiger partial charge >= 0.3 is 5.97 Å². The van der Waals surface area contributed by atoms with Crippen LogP contribution >= 0.6 is 0 Å². The zero-order valence-corrected chi connectivity index (χ0v) is 12.9. The Balaban J connectivity index is 4.65. The molecule has 0 aromatic carbocycles. The molecule has 0 aromatic rings. The fourth-order valence-electron chi connectivity index (χ4n) is 1.22. The third-order valence-corrected chi connectivity index (χ3v) is 3.06. The van der Waals surface area contributed by atoms with Gasteiger partial charge in [-0.3, -0.25) is 0 Å². The molecular weight excluding hydrogens is 248 g/mol. The summed E-state index contributed by atoms with van der Waals surface area (Å²) < 4.78 is 10.2. The minimum absolute atomic E-state index is 0.113. The van der Waals surface area contributed by atoms with Crippen molar-refractivity contribution in [1.29, 1.82) is 0 Å². The van der Waals surface area contributed by atoms with E-state index < -0.39 is 20.1 Å². The lowest BCUT2D eigenvalue weighted by atomic mass is 10.2. The van der Waals surface area contributed by atoms with Crippen molar-refractivity contribution in [3.8, 4) is 11.5 Å². The first-order valence-corrected chi connectivity index (χ1v) is 9.71. The van der Waals surface area contributed by atoms with Gasteiger partial charge in [-0.25, -0.2) is 4.79 Å². The molecule has 0 fully saturated rings. The van der Waals surface area contributed by atoms with Gasteiger partial charge in [-0.05, 0) is 6.42 Å². The normalized spacial score (nSPS) is 14.3. The second kappa shape index (κ2) is 8.30. The van der Waals surface area contributed by atoms with Crippen molar-refractivity contribution in [1.82, 2.24) is 0 Å². The van der Waals surface area contributed by atoms with Crippen LogP contribution in [-0.2, 0) is 14.3 Å². The van der Waals surface area contributed by atoms with E-state index in [1.54, 1.807) is 0 Å². The van der Waals surface area contributed by atoms with Crippen LogP contribution in [-0.4, -0.2) is 45.1 Å². The van der Waals surface area contributed by atoms with Crippen molar-refractivity contribution in [2.24, 2.45) is 0 Å². The number of carbonyl (C=O) groups excluding carboxylic acids is 1. The molecule has 0 aromatic heterocycles. The van der Waals surface area contributed by atoms with Crippen LogP contribution in [0.25, 0.3) is 0 Å². The molecule has 2 atom stereocenters. The Morgan fingerprint density at radius 1 is 1.39 bits per heavy atom. The first-order chi connectivity index (χ1) is 8.34. The van der Waals surface area contributed by atoms with Gasteiger partial charge < -0.3 is 14.6 Å². The highest BCUT2D eigenvalue weighted by molar-refractivity contribution is 6.83. The minimum atomic E-state index is -1.45. The van der Waals surface area contributed by atoms with Gasteiger partial charge in [0, 0.05) is 13.0 Å². The maximum Gasteiger partial charge on any atom is 0.335 e. The number of hydrogen-bond donors (Lipinski definition) is 1. The molecule has 0 radical (unpaired) electrons. The number of esters is 1. The molecule has 0 rings (SSSR count). The van der Waals surface area contributed by atoms with Crippen molar-refractivity contribution < 1.29 is 19.4 Å². The topological polar surface area (TPSA) is 55.8 Å². The summed E-state index contributed by atoms with van der Waals surface area (Å²) in [6.07, 6.45) is -0.0814. The Hall–Kier alpha value is -0.833. The van der Waals surface area contributed by atoms with Gasteiger partial charge in [-0.2, -0.15) is 0 Å². The highest BCUT2D eigenvalue weighted by atomic mass is 28.3. The summed E-state index contributed by atoms with van der Waals surface area (Å²) in [5.41, 5.74) is 3.23. The minimum Gasteiger partial charge on any atom is -0.467 e. The summed E-state index contributed by atoms with van der Waals surface area (Å²) in [5.74, 6) is 2.62. The Kier molecular flexibility index (Phi) is 7.92. The van der Waals surface area contributed by atoms with Crippen molar-refractivity contribution in [2.45, 2.75) is 51.6 Å². The smallest absolute Gasteiger partial charge is 0.335 e. The van der Waals surface area contributed by atoms with E-state index in [9.17, 15) is 4.79 Å². The van der Waals surface area contributed by atoms with Crippen LogP contribution in [0.5, 0.6) is 0 Å². The Labute approximate surface area is 111 Å². The molecule has 0 amide bonds. The average Bonchev–Trinajstić information content (AvgIpc) is 2.30. The summed E-state index contributed by atoms with van der Waals surface area (Å²) in [7, 11) is -0.138. The van der Waals surface area contributed by atoms with E-state index in [1.807, 2.05) is 6.92 Å². The largest absolute Gasteiger partial charge is 0.467 e. The average molecular weight is 272 g/mol. The zero-order valence-electron chi connectivity index (χ0n) is 11.9. The number of ether oxygens (including phenoxy) is 2. The molecule has 0 unspecified atom stereocenters. The van der Waals surface area contributed by atoms with Crippen LogP contribution in [0.4, 0.5) is 0 Å². The van der Waals surface area contributed by atoms with Gasteiger partial charge in [0.1, 0.15) is 14.2 Å². The number of methoxy groups -OCH3 is 1. The molecule has 0 heterocycles. The molecule has 0 saturated heterocycles. The Bertz CT molecular complexity index is 311. The van der Waals surface area contributed by atoms with Crippen LogP contribution in [0.2, 0.25) is 19.6 Å². The van der Waals surface area contributed by atoms with Crippen molar-refractivity contribution >= 4 is 14.0 Å². The van der Waals surface area contributed by atoms with E-state index in [0.29, 0.717) is 6.42 Å². The number of aliphatic hydroxyl groups is 1. The molecule has 0 spiro atoms.